The summed E-state index contributed by atoms with van der Waals surface area (Å²) in [6.07, 6.45) is 0.701. The van der Waals surface area contributed by atoms with Gasteiger partial charge in [0, 0.05) is 6.54 Å². The molecule has 0 saturated carbocycles. The van der Waals surface area contributed by atoms with Crippen molar-refractivity contribution in [3.05, 3.63) is 35.9 Å². The maximum absolute atomic E-state index is 11.7. The van der Waals surface area contributed by atoms with Crippen molar-refractivity contribution in [2.24, 2.45) is 11.7 Å². The summed E-state index contributed by atoms with van der Waals surface area (Å²) in [5.74, 6) is -0.0976. The van der Waals surface area contributed by atoms with Crippen LogP contribution in [0, 0.1) is 5.92 Å². The standard InChI is InChI=1S/C14H22N2O/c1-4-14(11(2)3,13(15)17)16-10-12-8-6-5-7-9-12/h5-9,11,16H,4,10H2,1-3H3,(H2,15,17). The number of benzene rings is 1. The molecule has 0 heterocycles. The number of primary amides is 1. The van der Waals surface area contributed by atoms with Gasteiger partial charge in [-0.2, -0.15) is 0 Å². The predicted octanol–water partition coefficient (Wildman–Crippen LogP) is 2.07. The minimum absolute atomic E-state index is 0.175. The van der Waals surface area contributed by atoms with Gasteiger partial charge in [-0.1, -0.05) is 51.1 Å². The lowest BCUT2D eigenvalue weighted by Crippen LogP contribution is -2.58. The van der Waals surface area contributed by atoms with Crippen molar-refractivity contribution >= 4 is 5.91 Å². The lowest BCUT2D eigenvalue weighted by Gasteiger charge is -2.34. The molecule has 0 radical (unpaired) electrons. The molecule has 1 unspecified atom stereocenters. The lowest BCUT2D eigenvalue weighted by atomic mass is 9.83. The quantitative estimate of drug-likeness (QED) is 0.791. The van der Waals surface area contributed by atoms with Crippen molar-refractivity contribution in [2.45, 2.75) is 39.3 Å². The number of hydrogen-bond donors (Lipinski definition) is 2. The molecule has 3 heteroatoms. The van der Waals surface area contributed by atoms with Gasteiger partial charge >= 0.3 is 0 Å². The Labute approximate surface area is 103 Å². The second kappa shape index (κ2) is 5.82. The van der Waals surface area contributed by atoms with Gasteiger partial charge in [0.1, 0.15) is 0 Å². The van der Waals surface area contributed by atoms with Crippen LogP contribution in [0.1, 0.15) is 32.8 Å². The number of carbonyl (C=O) groups is 1. The number of hydrogen-bond acceptors (Lipinski definition) is 2. The van der Waals surface area contributed by atoms with Crippen LogP contribution in [0.4, 0.5) is 0 Å². The van der Waals surface area contributed by atoms with Gasteiger partial charge in [0.05, 0.1) is 5.54 Å². The van der Waals surface area contributed by atoms with E-state index < -0.39 is 5.54 Å². The van der Waals surface area contributed by atoms with Crippen LogP contribution in [-0.2, 0) is 11.3 Å². The van der Waals surface area contributed by atoms with E-state index in [1.165, 1.54) is 0 Å². The number of carbonyl (C=O) groups excluding carboxylic acids is 1. The topological polar surface area (TPSA) is 55.1 Å². The van der Waals surface area contributed by atoms with E-state index in [2.05, 4.69) is 5.32 Å². The highest BCUT2D eigenvalue weighted by Gasteiger charge is 2.37. The van der Waals surface area contributed by atoms with Crippen LogP contribution in [-0.4, -0.2) is 11.4 Å². The summed E-state index contributed by atoms with van der Waals surface area (Å²) in [6, 6.07) is 10.0. The molecule has 1 atom stereocenters. The number of nitrogens with two attached hydrogens (primary N) is 1. The van der Waals surface area contributed by atoms with E-state index in [-0.39, 0.29) is 11.8 Å². The second-order valence-corrected chi connectivity index (χ2v) is 4.68. The van der Waals surface area contributed by atoms with E-state index >= 15 is 0 Å². The van der Waals surface area contributed by atoms with Gasteiger partial charge in [-0.15, -0.1) is 0 Å². The zero-order valence-corrected chi connectivity index (χ0v) is 10.9. The molecule has 0 fully saturated rings. The van der Waals surface area contributed by atoms with E-state index in [0.717, 1.165) is 5.56 Å². The minimum Gasteiger partial charge on any atom is -0.368 e. The van der Waals surface area contributed by atoms with E-state index in [1.807, 2.05) is 51.1 Å². The Morgan fingerprint density at radius 3 is 2.35 bits per heavy atom. The third-order valence-electron chi connectivity index (χ3n) is 3.43. The monoisotopic (exact) mass is 234 g/mol. The highest BCUT2D eigenvalue weighted by Crippen LogP contribution is 2.21. The summed E-state index contributed by atoms with van der Waals surface area (Å²) in [5, 5.41) is 3.32. The zero-order valence-electron chi connectivity index (χ0n) is 10.9. The van der Waals surface area contributed by atoms with Gasteiger partial charge in [-0.05, 0) is 17.9 Å². The molecule has 0 aliphatic heterocycles. The predicted molar refractivity (Wildman–Crippen MR) is 70.3 cm³/mol. The van der Waals surface area contributed by atoms with E-state index in [4.69, 9.17) is 5.73 Å². The van der Waals surface area contributed by atoms with Crippen molar-refractivity contribution in [1.82, 2.24) is 5.32 Å². The molecule has 1 rings (SSSR count). The van der Waals surface area contributed by atoms with E-state index in [9.17, 15) is 4.79 Å². The molecule has 1 aromatic carbocycles. The van der Waals surface area contributed by atoms with Gasteiger partial charge < -0.3 is 5.73 Å². The first-order valence-corrected chi connectivity index (χ1v) is 6.11. The fourth-order valence-electron chi connectivity index (χ4n) is 2.14. The Balaban J connectivity index is 2.78. The van der Waals surface area contributed by atoms with Gasteiger partial charge in [0.15, 0.2) is 0 Å². The smallest absolute Gasteiger partial charge is 0.237 e. The van der Waals surface area contributed by atoms with E-state index in [0.29, 0.717) is 13.0 Å². The van der Waals surface area contributed by atoms with Crippen LogP contribution < -0.4 is 11.1 Å². The number of amides is 1. The Morgan fingerprint density at radius 2 is 1.94 bits per heavy atom. The third kappa shape index (κ3) is 3.07. The van der Waals surface area contributed by atoms with Crippen molar-refractivity contribution in [2.75, 3.05) is 0 Å². The Kier molecular flexibility index (Phi) is 4.70. The average molecular weight is 234 g/mol. The summed E-state index contributed by atoms with van der Waals surface area (Å²) in [7, 11) is 0. The molecule has 0 aromatic heterocycles. The van der Waals surface area contributed by atoms with Crippen LogP contribution in [0.5, 0.6) is 0 Å². The minimum atomic E-state index is -0.615. The zero-order chi connectivity index (χ0) is 12.9. The van der Waals surface area contributed by atoms with Crippen molar-refractivity contribution in [1.29, 1.82) is 0 Å². The lowest BCUT2D eigenvalue weighted by molar-refractivity contribution is -0.126. The molecule has 94 valence electrons. The molecule has 3 nitrogen and oxygen atoms in total. The fraction of sp³-hybridized carbons (Fsp3) is 0.500. The van der Waals surface area contributed by atoms with Crippen molar-refractivity contribution in [3.8, 4) is 0 Å². The van der Waals surface area contributed by atoms with E-state index in [1.54, 1.807) is 0 Å². The summed E-state index contributed by atoms with van der Waals surface area (Å²) < 4.78 is 0. The van der Waals surface area contributed by atoms with Crippen LogP contribution >= 0.6 is 0 Å². The van der Waals surface area contributed by atoms with Crippen LogP contribution in [0.3, 0.4) is 0 Å². The molecule has 1 aromatic rings. The molecular weight excluding hydrogens is 212 g/mol. The molecule has 0 saturated heterocycles. The van der Waals surface area contributed by atoms with Crippen molar-refractivity contribution < 1.29 is 4.79 Å². The highest BCUT2D eigenvalue weighted by molar-refractivity contribution is 5.84. The summed E-state index contributed by atoms with van der Waals surface area (Å²) in [4.78, 5) is 11.7. The first kappa shape index (κ1) is 13.7. The van der Waals surface area contributed by atoms with Crippen LogP contribution in [0.15, 0.2) is 30.3 Å². The largest absolute Gasteiger partial charge is 0.368 e. The first-order chi connectivity index (χ1) is 8.03. The first-order valence-electron chi connectivity index (χ1n) is 6.11. The SMILES string of the molecule is CCC(NCc1ccccc1)(C(N)=O)C(C)C. The Bertz CT molecular complexity index is 362. The van der Waals surface area contributed by atoms with Crippen molar-refractivity contribution in [3.63, 3.8) is 0 Å². The second-order valence-electron chi connectivity index (χ2n) is 4.68. The maximum atomic E-state index is 11.7. The molecular formula is C14H22N2O. The summed E-state index contributed by atoms with van der Waals surface area (Å²) in [5.41, 5.74) is 6.09. The highest BCUT2D eigenvalue weighted by atomic mass is 16.1. The van der Waals surface area contributed by atoms with Crippen LogP contribution in [0.2, 0.25) is 0 Å². The van der Waals surface area contributed by atoms with Crippen LogP contribution in [0.25, 0.3) is 0 Å². The molecule has 3 N–H and O–H groups in total. The summed E-state index contributed by atoms with van der Waals surface area (Å²) >= 11 is 0. The molecule has 1 amide bonds. The maximum Gasteiger partial charge on any atom is 0.237 e. The Morgan fingerprint density at radius 1 is 1.35 bits per heavy atom. The van der Waals surface area contributed by atoms with Gasteiger partial charge in [-0.3, -0.25) is 10.1 Å². The van der Waals surface area contributed by atoms with Gasteiger partial charge in [0.2, 0.25) is 5.91 Å². The molecule has 0 aliphatic carbocycles. The van der Waals surface area contributed by atoms with Gasteiger partial charge in [-0.25, -0.2) is 0 Å². The third-order valence-corrected chi connectivity index (χ3v) is 3.43. The summed E-state index contributed by atoms with van der Waals surface area (Å²) in [6.45, 7) is 6.69. The number of rotatable bonds is 6. The molecule has 0 bridgehead atoms. The molecule has 17 heavy (non-hydrogen) atoms. The normalized spacial score (nSPS) is 14.6. The molecule has 0 spiro atoms. The van der Waals surface area contributed by atoms with Gasteiger partial charge in [0.25, 0.3) is 0 Å². The fourth-order valence-corrected chi connectivity index (χ4v) is 2.14. The number of nitrogens with one attached hydrogen (secondary N) is 1. The molecule has 0 aliphatic rings. The Hall–Kier alpha value is -1.35. The average Bonchev–Trinajstić information content (AvgIpc) is 2.31.